The number of nitrogens with zero attached hydrogens (tertiary/aromatic N) is 1. The first-order valence-corrected chi connectivity index (χ1v) is 6.49. The lowest BCUT2D eigenvalue weighted by molar-refractivity contribution is 0.0472. The monoisotopic (exact) mass is 280 g/mol. The van der Waals surface area contributed by atoms with Crippen LogP contribution in [0.4, 0.5) is 10.1 Å². The zero-order chi connectivity index (χ0) is 14.0. The van der Waals surface area contributed by atoms with Crippen LogP contribution in [0, 0.1) is 19.7 Å². The maximum atomic E-state index is 13.5. The molecule has 2 aromatic rings. The number of esters is 1. The molecule has 19 heavy (non-hydrogen) atoms. The number of nitrogen functional groups attached to an aromatic ring is 1. The Morgan fingerprint density at radius 2 is 2.21 bits per heavy atom. The molecule has 0 aliphatic rings. The normalized spacial score (nSPS) is 10.5. The van der Waals surface area contributed by atoms with E-state index in [0.29, 0.717) is 10.6 Å². The Kier molecular flexibility index (Phi) is 3.80. The smallest absolute Gasteiger partial charge is 0.338 e. The second-order valence-corrected chi connectivity index (χ2v) is 5.07. The number of carbonyl (C=O) groups is 1. The molecule has 0 saturated heterocycles. The third-order valence-electron chi connectivity index (χ3n) is 2.61. The highest BCUT2D eigenvalue weighted by Crippen LogP contribution is 2.19. The summed E-state index contributed by atoms with van der Waals surface area (Å²) in [7, 11) is 0. The van der Waals surface area contributed by atoms with Crippen LogP contribution in [-0.4, -0.2) is 11.0 Å². The molecule has 0 bridgehead atoms. The fourth-order valence-corrected chi connectivity index (χ4v) is 2.18. The van der Waals surface area contributed by atoms with Gasteiger partial charge in [-0.05, 0) is 26.0 Å². The predicted molar refractivity (Wildman–Crippen MR) is 71.5 cm³/mol. The summed E-state index contributed by atoms with van der Waals surface area (Å²) in [6.07, 6.45) is 0. The van der Waals surface area contributed by atoms with Gasteiger partial charge in [0.05, 0.1) is 5.56 Å². The Balaban J connectivity index is 2.08. The number of thiazole rings is 1. The SMILES string of the molecule is Cc1csc(COC(=O)c2cc(N)c(C)c(F)c2)n1. The Morgan fingerprint density at radius 3 is 2.79 bits per heavy atom. The Hall–Kier alpha value is -1.95. The highest BCUT2D eigenvalue weighted by atomic mass is 32.1. The van der Waals surface area contributed by atoms with Crippen LogP contribution in [0.2, 0.25) is 0 Å². The molecule has 2 N–H and O–H groups in total. The maximum absolute atomic E-state index is 13.5. The average molecular weight is 280 g/mol. The van der Waals surface area contributed by atoms with Gasteiger partial charge in [0, 0.05) is 22.3 Å². The second kappa shape index (κ2) is 5.36. The summed E-state index contributed by atoms with van der Waals surface area (Å²) >= 11 is 1.41. The highest BCUT2D eigenvalue weighted by molar-refractivity contribution is 7.09. The van der Waals surface area contributed by atoms with Crippen LogP contribution in [0.5, 0.6) is 0 Å². The molecule has 0 unspecified atom stereocenters. The molecule has 0 saturated carbocycles. The van der Waals surface area contributed by atoms with Crippen LogP contribution >= 0.6 is 11.3 Å². The van der Waals surface area contributed by atoms with Gasteiger partial charge < -0.3 is 10.5 Å². The Morgan fingerprint density at radius 1 is 1.47 bits per heavy atom. The number of rotatable bonds is 3. The van der Waals surface area contributed by atoms with Crippen molar-refractivity contribution < 1.29 is 13.9 Å². The van der Waals surface area contributed by atoms with E-state index >= 15 is 0 Å². The highest BCUT2D eigenvalue weighted by Gasteiger charge is 2.13. The number of aromatic nitrogens is 1. The van der Waals surface area contributed by atoms with Gasteiger partial charge >= 0.3 is 5.97 Å². The van der Waals surface area contributed by atoms with Gasteiger partial charge in [-0.25, -0.2) is 14.2 Å². The molecule has 4 nitrogen and oxygen atoms in total. The van der Waals surface area contributed by atoms with E-state index in [1.54, 1.807) is 6.92 Å². The van der Waals surface area contributed by atoms with Gasteiger partial charge in [-0.15, -0.1) is 11.3 Å². The number of carbonyl (C=O) groups excluding carboxylic acids is 1. The van der Waals surface area contributed by atoms with Gasteiger partial charge in [-0.1, -0.05) is 0 Å². The van der Waals surface area contributed by atoms with Crippen molar-refractivity contribution in [3.63, 3.8) is 0 Å². The molecule has 100 valence electrons. The zero-order valence-corrected chi connectivity index (χ0v) is 11.4. The molecule has 0 aliphatic carbocycles. The van der Waals surface area contributed by atoms with Gasteiger partial charge in [0.1, 0.15) is 17.4 Å². The lowest BCUT2D eigenvalue weighted by Crippen LogP contribution is -2.07. The summed E-state index contributed by atoms with van der Waals surface area (Å²) in [4.78, 5) is 15.9. The van der Waals surface area contributed by atoms with Crippen molar-refractivity contribution in [2.75, 3.05) is 5.73 Å². The van der Waals surface area contributed by atoms with E-state index in [0.717, 1.165) is 11.8 Å². The largest absolute Gasteiger partial charge is 0.455 e. The summed E-state index contributed by atoms with van der Waals surface area (Å²) < 4.78 is 18.5. The second-order valence-electron chi connectivity index (χ2n) is 4.13. The van der Waals surface area contributed by atoms with Crippen LogP contribution in [0.15, 0.2) is 17.5 Å². The third kappa shape index (κ3) is 3.08. The van der Waals surface area contributed by atoms with Crippen molar-refractivity contribution in [3.8, 4) is 0 Å². The minimum Gasteiger partial charge on any atom is -0.455 e. The molecular formula is C13H13FN2O2S. The molecular weight excluding hydrogens is 267 g/mol. The number of nitrogens with two attached hydrogens (primary N) is 1. The van der Waals surface area contributed by atoms with Gasteiger partial charge in [-0.3, -0.25) is 0 Å². The summed E-state index contributed by atoms with van der Waals surface area (Å²) in [5.41, 5.74) is 7.15. The van der Waals surface area contributed by atoms with E-state index in [1.165, 1.54) is 17.4 Å². The molecule has 0 aliphatic heterocycles. The summed E-state index contributed by atoms with van der Waals surface area (Å²) in [6, 6.07) is 2.54. The lowest BCUT2D eigenvalue weighted by atomic mass is 10.1. The van der Waals surface area contributed by atoms with Crippen molar-refractivity contribution in [1.29, 1.82) is 0 Å². The molecule has 0 atom stereocenters. The van der Waals surface area contributed by atoms with Crippen molar-refractivity contribution in [3.05, 3.63) is 45.2 Å². The first kappa shape index (κ1) is 13.5. The summed E-state index contributed by atoms with van der Waals surface area (Å²) in [5.74, 6) is -1.13. The zero-order valence-electron chi connectivity index (χ0n) is 10.6. The van der Waals surface area contributed by atoms with Crippen molar-refractivity contribution in [1.82, 2.24) is 4.98 Å². The predicted octanol–water partition coefficient (Wildman–Crippen LogP) is 2.84. The maximum Gasteiger partial charge on any atom is 0.338 e. The average Bonchev–Trinajstić information content (AvgIpc) is 2.78. The topological polar surface area (TPSA) is 65.2 Å². The van der Waals surface area contributed by atoms with Crippen molar-refractivity contribution >= 4 is 23.0 Å². The fourth-order valence-electron chi connectivity index (χ4n) is 1.50. The van der Waals surface area contributed by atoms with E-state index < -0.39 is 11.8 Å². The summed E-state index contributed by atoms with van der Waals surface area (Å²) in [6.45, 7) is 3.49. The van der Waals surface area contributed by atoms with E-state index in [1.807, 2.05) is 12.3 Å². The minimum absolute atomic E-state index is 0.0761. The number of hydrogen-bond donors (Lipinski definition) is 1. The Labute approximate surface area is 114 Å². The summed E-state index contributed by atoms with van der Waals surface area (Å²) in [5, 5.41) is 2.57. The van der Waals surface area contributed by atoms with Crippen molar-refractivity contribution in [2.24, 2.45) is 0 Å². The number of aryl methyl sites for hydroxylation is 1. The van der Waals surface area contributed by atoms with Gasteiger partial charge in [0.25, 0.3) is 0 Å². The molecule has 0 radical (unpaired) electrons. The van der Waals surface area contributed by atoms with Gasteiger partial charge in [-0.2, -0.15) is 0 Å². The molecule has 0 spiro atoms. The van der Waals surface area contributed by atoms with Crippen molar-refractivity contribution in [2.45, 2.75) is 20.5 Å². The van der Waals surface area contributed by atoms with Crippen LogP contribution in [0.3, 0.4) is 0 Å². The molecule has 2 rings (SSSR count). The van der Waals surface area contributed by atoms with E-state index in [2.05, 4.69) is 4.98 Å². The van der Waals surface area contributed by atoms with Crippen LogP contribution in [0.1, 0.15) is 26.6 Å². The standard InChI is InChI=1S/C13H13FN2O2S/c1-7-6-19-12(16-7)5-18-13(17)9-3-10(14)8(2)11(15)4-9/h3-4,6H,5,15H2,1-2H3. The van der Waals surface area contributed by atoms with Crippen LogP contribution in [0.25, 0.3) is 0 Å². The molecule has 1 aromatic carbocycles. The molecule has 1 aromatic heterocycles. The van der Waals surface area contributed by atoms with E-state index in [4.69, 9.17) is 10.5 Å². The van der Waals surface area contributed by atoms with Gasteiger partial charge in [0.2, 0.25) is 0 Å². The molecule has 0 amide bonds. The lowest BCUT2D eigenvalue weighted by Gasteiger charge is -2.06. The Bertz CT molecular complexity index is 602. The molecule has 0 fully saturated rings. The first-order valence-electron chi connectivity index (χ1n) is 5.61. The van der Waals surface area contributed by atoms with Crippen LogP contribution in [-0.2, 0) is 11.3 Å². The van der Waals surface area contributed by atoms with E-state index in [-0.39, 0.29) is 17.9 Å². The number of benzene rings is 1. The third-order valence-corrected chi connectivity index (χ3v) is 3.55. The number of ether oxygens (including phenoxy) is 1. The number of halogens is 1. The fraction of sp³-hybridized carbons (Fsp3) is 0.231. The molecule has 1 heterocycles. The van der Waals surface area contributed by atoms with Gasteiger partial charge in [0.15, 0.2) is 0 Å². The number of hydrogen-bond acceptors (Lipinski definition) is 5. The quantitative estimate of drug-likeness (QED) is 0.693. The minimum atomic E-state index is -0.613. The first-order chi connectivity index (χ1) is 8.97. The van der Waals surface area contributed by atoms with E-state index in [9.17, 15) is 9.18 Å². The molecule has 6 heteroatoms. The van der Waals surface area contributed by atoms with Crippen LogP contribution < -0.4 is 5.73 Å². The number of anilines is 1.